The Morgan fingerprint density at radius 3 is 1.10 bits per heavy atom. The predicted octanol–water partition coefficient (Wildman–Crippen LogP) is 10.6. The summed E-state index contributed by atoms with van der Waals surface area (Å²) in [6.07, 6.45) is 3.84. The molecule has 0 amide bonds. The summed E-state index contributed by atoms with van der Waals surface area (Å²) >= 11 is 0. The summed E-state index contributed by atoms with van der Waals surface area (Å²) in [5, 5.41) is 7.45. The highest BCUT2D eigenvalue weighted by Crippen LogP contribution is 2.42. The third kappa shape index (κ3) is 4.13. The largest absolute Gasteiger partial charge is 0.256 e. The zero-order chi connectivity index (χ0) is 27.9. The number of rotatable bonds is 4. The summed E-state index contributed by atoms with van der Waals surface area (Å²) in [7, 11) is 0. The molecule has 0 aliphatic rings. The van der Waals surface area contributed by atoms with Gasteiger partial charge in [0.2, 0.25) is 0 Å². The Balaban J connectivity index is 1.39. The zero-order valence-electron chi connectivity index (χ0n) is 22.9. The second-order valence-electron chi connectivity index (χ2n) is 10.6. The number of hydrogen-bond acceptors (Lipinski definition) is 2. The summed E-state index contributed by atoms with van der Waals surface area (Å²) in [6.45, 7) is 0. The lowest BCUT2D eigenvalue weighted by molar-refractivity contribution is 1.33. The second-order valence-corrected chi connectivity index (χ2v) is 10.6. The van der Waals surface area contributed by atoms with Gasteiger partial charge >= 0.3 is 0 Å². The van der Waals surface area contributed by atoms with E-state index in [0.29, 0.717) is 0 Å². The molecule has 0 spiro atoms. The van der Waals surface area contributed by atoms with Gasteiger partial charge in [0.05, 0.1) is 11.4 Å². The van der Waals surface area contributed by atoms with Gasteiger partial charge in [-0.1, -0.05) is 109 Å². The third-order valence-electron chi connectivity index (χ3n) is 8.16. The van der Waals surface area contributed by atoms with E-state index in [1.807, 2.05) is 24.5 Å². The molecule has 0 atom stereocenters. The molecule has 0 fully saturated rings. The van der Waals surface area contributed by atoms with Crippen molar-refractivity contribution in [2.45, 2.75) is 0 Å². The van der Waals surface area contributed by atoms with Crippen molar-refractivity contribution in [1.82, 2.24) is 9.97 Å². The molecule has 0 aliphatic heterocycles. The van der Waals surface area contributed by atoms with Gasteiger partial charge in [-0.3, -0.25) is 9.97 Å². The molecule has 0 N–H and O–H groups in total. The number of benzene rings is 6. The Morgan fingerprint density at radius 2 is 0.667 bits per heavy atom. The van der Waals surface area contributed by atoms with Crippen LogP contribution in [0.1, 0.15) is 0 Å². The minimum absolute atomic E-state index is 0.976. The topological polar surface area (TPSA) is 25.8 Å². The van der Waals surface area contributed by atoms with Crippen LogP contribution in [0.3, 0.4) is 0 Å². The van der Waals surface area contributed by atoms with Gasteiger partial charge in [-0.05, 0) is 91.0 Å². The molecule has 0 radical (unpaired) electrons. The summed E-state index contributed by atoms with van der Waals surface area (Å²) in [4.78, 5) is 9.39. The Hall–Kier alpha value is -5.60. The number of fused-ring (bicyclic) bond motifs is 5. The van der Waals surface area contributed by atoms with Crippen LogP contribution in [0, 0.1) is 0 Å². The molecular weight excluding hydrogens is 508 g/mol. The smallest absolute Gasteiger partial charge is 0.0708 e. The molecule has 0 aliphatic carbocycles. The van der Waals surface area contributed by atoms with Gasteiger partial charge in [-0.15, -0.1) is 0 Å². The fourth-order valence-electron chi connectivity index (χ4n) is 6.16. The van der Waals surface area contributed by atoms with Gasteiger partial charge in [0.15, 0.2) is 0 Å². The van der Waals surface area contributed by atoms with Crippen molar-refractivity contribution in [3.05, 3.63) is 158 Å². The van der Waals surface area contributed by atoms with Gasteiger partial charge < -0.3 is 0 Å². The van der Waals surface area contributed by atoms with Gasteiger partial charge in [-0.2, -0.15) is 0 Å². The molecule has 0 unspecified atom stereocenters. The van der Waals surface area contributed by atoms with E-state index in [0.717, 1.165) is 33.6 Å². The number of aromatic nitrogens is 2. The molecule has 2 heteroatoms. The average molecular weight is 535 g/mol. The molecule has 0 saturated carbocycles. The SMILES string of the molecule is c1ccc(-c2cc(-c3cc4c5ccccc5c(-c5ccnc(-c6ccccc6)c5)cc4c4ccccc34)ccn2)cc1. The lowest BCUT2D eigenvalue weighted by atomic mass is 9.87. The fourth-order valence-corrected chi connectivity index (χ4v) is 6.16. The molecule has 2 aromatic heterocycles. The Labute approximate surface area is 244 Å². The molecule has 8 aromatic rings. The van der Waals surface area contributed by atoms with E-state index >= 15 is 0 Å². The van der Waals surface area contributed by atoms with E-state index in [1.165, 1.54) is 43.4 Å². The number of pyridine rings is 2. The molecule has 2 heterocycles. The maximum Gasteiger partial charge on any atom is 0.0708 e. The third-order valence-corrected chi connectivity index (χ3v) is 8.16. The molecule has 6 aromatic carbocycles. The van der Waals surface area contributed by atoms with Gasteiger partial charge in [0.25, 0.3) is 0 Å². The van der Waals surface area contributed by atoms with Crippen LogP contribution in [-0.4, -0.2) is 9.97 Å². The van der Waals surface area contributed by atoms with E-state index in [4.69, 9.17) is 9.97 Å². The summed E-state index contributed by atoms with van der Waals surface area (Å²) in [6, 6.07) is 51.7. The van der Waals surface area contributed by atoms with Crippen LogP contribution < -0.4 is 0 Å². The van der Waals surface area contributed by atoms with Crippen LogP contribution in [0.2, 0.25) is 0 Å². The summed E-state index contributed by atoms with van der Waals surface area (Å²) in [5.74, 6) is 0. The first-order valence-electron chi connectivity index (χ1n) is 14.2. The van der Waals surface area contributed by atoms with Crippen LogP contribution in [-0.2, 0) is 0 Å². The lowest BCUT2D eigenvalue weighted by Gasteiger charge is -2.16. The standard InChI is InChI=1S/C40H26N2/c1-3-11-27(12-4-1)39-23-29(19-21-41-39)35-25-37-34-18-10-8-16-32(34)36(26-38(37)33-17-9-7-15-31(33)35)30-20-22-42-40(24-30)28-13-5-2-6-14-28/h1-26H. The van der Waals surface area contributed by atoms with Crippen molar-refractivity contribution in [2.24, 2.45) is 0 Å². The minimum atomic E-state index is 0.976. The van der Waals surface area contributed by atoms with Crippen LogP contribution in [0.5, 0.6) is 0 Å². The van der Waals surface area contributed by atoms with Gasteiger partial charge in [0.1, 0.15) is 0 Å². The van der Waals surface area contributed by atoms with Gasteiger partial charge in [0, 0.05) is 23.5 Å². The fraction of sp³-hybridized carbons (Fsp3) is 0. The van der Waals surface area contributed by atoms with Crippen LogP contribution in [0.4, 0.5) is 0 Å². The minimum Gasteiger partial charge on any atom is -0.256 e. The van der Waals surface area contributed by atoms with Crippen LogP contribution in [0.15, 0.2) is 158 Å². The van der Waals surface area contributed by atoms with E-state index < -0.39 is 0 Å². The molecule has 2 nitrogen and oxygen atoms in total. The Kier molecular flexibility index (Phi) is 5.82. The molecular formula is C40H26N2. The predicted molar refractivity (Wildman–Crippen MR) is 176 cm³/mol. The maximum atomic E-state index is 4.70. The Bertz CT molecular complexity index is 2070. The first-order valence-corrected chi connectivity index (χ1v) is 14.2. The van der Waals surface area contributed by atoms with Crippen molar-refractivity contribution in [1.29, 1.82) is 0 Å². The van der Waals surface area contributed by atoms with Crippen LogP contribution in [0.25, 0.3) is 77.1 Å². The molecule has 196 valence electrons. The van der Waals surface area contributed by atoms with E-state index in [9.17, 15) is 0 Å². The molecule has 42 heavy (non-hydrogen) atoms. The highest BCUT2D eigenvalue weighted by molar-refractivity contribution is 6.23. The highest BCUT2D eigenvalue weighted by Gasteiger charge is 2.15. The van der Waals surface area contributed by atoms with E-state index in [2.05, 4.69) is 133 Å². The molecule has 0 saturated heterocycles. The molecule has 8 rings (SSSR count). The number of hydrogen-bond donors (Lipinski definition) is 0. The second kappa shape index (κ2) is 10.1. The summed E-state index contributed by atoms with van der Waals surface area (Å²) in [5.41, 5.74) is 8.94. The van der Waals surface area contributed by atoms with Gasteiger partial charge in [-0.25, -0.2) is 0 Å². The quantitative estimate of drug-likeness (QED) is 0.210. The number of nitrogens with zero attached hydrogens (tertiary/aromatic N) is 2. The van der Waals surface area contributed by atoms with E-state index in [1.54, 1.807) is 0 Å². The van der Waals surface area contributed by atoms with Crippen molar-refractivity contribution >= 4 is 32.3 Å². The van der Waals surface area contributed by atoms with Crippen LogP contribution >= 0.6 is 0 Å². The molecule has 0 bridgehead atoms. The average Bonchev–Trinajstić information content (AvgIpc) is 3.08. The highest BCUT2D eigenvalue weighted by atomic mass is 14.7. The van der Waals surface area contributed by atoms with E-state index in [-0.39, 0.29) is 0 Å². The van der Waals surface area contributed by atoms with Crippen molar-refractivity contribution in [3.63, 3.8) is 0 Å². The normalized spacial score (nSPS) is 11.3. The first kappa shape index (κ1) is 24.2. The Morgan fingerprint density at radius 1 is 0.286 bits per heavy atom. The zero-order valence-corrected chi connectivity index (χ0v) is 22.9. The summed E-state index contributed by atoms with van der Waals surface area (Å²) < 4.78 is 0. The van der Waals surface area contributed by atoms with Crippen molar-refractivity contribution in [2.75, 3.05) is 0 Å². The maximum absolute atomic E-state index is 4.70. The van der Waals surface area contributed by atoms with Crippen molar-refractivity contribution in [3.8, 4) is 44.8 Å². The lowest BCUT2D eigenvalue weighted by Crippen LogP contribution is -1.91. The first-order chi connectivity index (χ1) is 20.8. The van der Waals surface area contributed by atoms with Crippen molar-refractivity contribution < 1.29 is 0 Å². The monoisotopic (exact) mass is 534 g/mol.